The van der Waals surface area contributed by atoms with Crippen LogP contribution in [-0.4, -0.2) is 8.42 Å². The highest BCUT2D eigenvalue weighted by molar-refractivity contribution is 7.91. The Balaban J connectivity index is 2.23. The van der Waals surface area contributed by atoms with Gasteiger partial charge in [0.1, 0.15) is 0 Å². The fourth-order valence-electron chi connectivity index (χ4n) is 2.02. The molecule has 3 N–H and O–H groups in total. The topological polar surface area (TPSA) is 72.2 Å². The average molecular weight is 325 g/mol. The molecule has 0 aliphatic rings. The van der Waals surface area contributed by atoms with Crippen LogP contribution in [0, 0.1) is 6.92 Å². The van der Waals surface area contributed by atoms with Crippen LogP contribution in [0.2, 0.25) is 5.02 Å². The second kappa shape index (κ2) is 6.47. The number of benzene rings is 2. The highest BCUT2D eigenvalue weighted by atomic mass is 35.5. The summed E-state index contributed by atoms with van der Waals surface area (Å²) in [6, 6.07) is 12.5. The predicted molar refractivity (Wildman–Crippen MR) is 86.8 cm³/mol. The van der Waals surface area contributed by atoms with Gasteiger partial charge >= 0.3 is 0 Å². The molecule has 0 saturated carbocycles. The van der Waals surface area contributed by atoms with Gasteiger partial charge in [0.2, 0.25) is 10.0 Å². The molecule has 0 radical (unpaired) electrons. The van der Waals surface area contributed by atoms with Gasteiger partial charge in [-0.2, -0.15) is 0 Å². The van der Waals surface area contributed by atoms with E-state index in [2.05, 4.69) is 4.72 Å². The fraction of sp³-hybridized carbons (Fsp3) is 0.200. The maximum Gasteiger partial charge on any atom is 0.236 e. The summed E-state index contributed by atoms with van der Waals surface area (Å²) in [5.74, 6) is -0.120. The minimum Gasteiger partial charge on any atom is -0.326 e. The zero-order valence-corrected chi connectivity index (χ0v) is 13.2. The molecule has 0 atom stereocenters. The molecule has 2 rings (SSSR count). The molecular weight excluding hydrogens is 308 g/mol. The molecule has 21 heavy (non-hydrogen) atoms. The van der Waals surface area contributed by atoms with E-state index in [4.69, 9.17) is 17.3 Å². The predicted octanol–water partition coefficient (Wildman–Crippen LogP) is 3.05. The van der Waals surface area contributed by atoms with E-state index >= 15 is 0 Å². The summed E-state index contributed by atoms with van der Waals surface area (Å²) < 4.78 is 27.1. The van der Waals surface area contributed by atoms with E-state index in [9.17, 15) is 8.42 Å². The molecule has 0 unspecified atom stereocenters. The van der Waals surface area contributed by atoms with E-state index in [-0.39, 0.29) is 5.75 Å². The van der Waals surface area contributed by atoms with Gasteiger partial charge in [-0.1, -0.05) is 48.0 Å². The number of para-hydroxylation sites is 1. The summed E-state index contributed by atoms with van der Waals surface area (Å²) in [6.45, 7) is 2.18. The van der Waals surface area contributed by atoms with Crippen LogP contribution < -0.4 is 10.5 Å². The van der Waals surface area contributed by atoms with Gasteiger partial charge in [-0.05, 0) is 29.7 Å². The van der Waals surface area contributed by atoms with Crippen molar-refractivity contribution in [1.82, 2.24) is 0 Å². The Labute approximate surface area is 130 Å². The van der Waals surface area contributed by atoms with Gasteiger partial charge in [-0.3, -0.25) is 4.72 Å². The van der Waals surface area contributed by atoms with Crippen molar-refractivity contribution in [3.63, 3.8) is 0 Å². The van der Waals surface area contributed by atoms with Crippen LogP contribution in [-0.2, 0) is 22.3 Å². The van der Waals surface area contributed by atoms with Crippen LogP contribution >= 0.6 is 11.6 Å². The lowest BCUT2D eigenvalue weighted by atomic mass is 10.1. The Morgan fingerprint density at radius 2 is 1.81 bits per heavy atom. The van der Waals surface area contributed by atoms with E-state index in [1.165, 1.54) is 0 Å². The molecule has 0 aliphatic heterocycles. The Morgan fingerprint density at radius 3 is 2.48 bits per heavy atom. The van der Waals surface area contributed by atoms with Crippen molar-refractivity contribution in [2.75, 3.05) is 4.72 Å². The molecule has 2 aromatic carbocycles. The largest absolute Gasteiger partial charge is 0.326 e. The van der Waals surface area contributed by atoms with E-state index in [0.717, 1.165) is 11.1 Å². The van der Waals surface area contributed by atoms with Crippen LogP contribution in [0.5, 0.6) is 0 Å². The third-order valence-electron chi connectivity index (χ3n) is 3.06. The fourth-order valence-corrected chi connectivity index (χ4v) is 3.62. The molecule has 0 fully saturated rings. The standard InChI is InChI=1S/C15H17ClN2O2S/c1-11-4-2-7-14(16)15(11)18-21(19,20)10-13-6-3-5-12(8-13)9-17/h2-8,18H,9-10,17H2,1H3. The average Bonchev–Trinajstić information content (AvgIpc) is 2.43. The number of rotatable bonds is 5. The number of nitrogens with two attached hydrogens (primary N) is 1. The number of anilines is 1. The maximum absolute atomic E-state index is 12.3. The second-order valence-electron chi connectivity index (χ2n) is 4.82. The minimum atomic E-state index is -3.53. The lowest BCUT2D eigenvalue weighted by Crippen LogP contribution is -2.16. The first-order chi connectivity index (χ1) is 9.91. The van der Waals surface area contributed by atoms with Gasteiger partial charge < -0.3 is 5.73 Å². The quantitative estimate of drug-likeness (QED) is 0.888. The third kappa shape index (κ3) is 4.20. The molecule has 0 heterocycles. The summed E-state index contributed by atoms with van der Waals surface area (Å²) >= 11 is 6.04. The number of sulfonamides is 1. The molecule has 6 heteroatoms. The molecule has 2 aromatic rings. The molecule has 0 saturated heterocycles. The number of aryl methyl sites for hydroxylation is 1. The van der Waals surface area contributed by atoms with Crippen LogP contribution in [0.3, 0.4) is 0 Å². The van der Waals surface area contributed by atoms with Gasteiger partial charge in [0.05, 0.1) is 16.5 Å². The number of halogens is 1. The lowest BCUT2D eigenvalue weighted by Gasteiger charge is -2.12. The first-order valence-electron chi connectivity index (χ1n) is 6.45. The van der Waals surface area contributed by atoms with E-state index < -0.39 is 10.0 Å². The zero-order chi connectivity index (χ0) is 15.5. The summed E-state index contributed by atoms with van der Waals surface area (Å²) in [5, 5.41) is 0.384. The highest BCUT2D eigenvalue weighted by Gasteiger charge is 2.15. The molecule has 4 nitrogen and oxygen atoms in total. The Kier molecular flexibility index (Phi) is 4.88. The maximum atomic E-state index is 12.3. The number of nitrogens with one attached hydrogen (secondary N) is 1. The Hall–Kier alpha value is -1.56. The number of hydrogen-bond donors (Lipinski definition) is 2. The van der Waals surface area contributed by atoms with Crippen LogP contribution in [0.15, 0.2) is 42.5 Å². The molecule has 0 aliphatic carbocycles. The summed E-state index contributed by atoms with van der Waals surface area (Å²) in [5.41, 5.74) is 8.36. The van der Waals surface area contributed by atoms with Crippen molar-refractivity contribution < 1.29 is 8.42 Å². The first kappa shape index (κ1) is 15.8. The van der Waals surface area contributed by atoms with Crippen molar-refractivity contribution in [3.05, 3.63) is 64.2 Å². The molecular formula is C15H17ClN2O2S. The van der Waals surface area contributed by atoms with Gasteiger partial charge in [0.25, 0.3) is 0 Å². The molecule has 0 bridgehead atoms. The zero-order valence-electron chi connectivity index (χ0n) is 11.6. The first-order valence-corrected chi connectivity index (χ1v) is 8.48. The van der Waals surface area contributed by atoms with Crippen molar-refractivity contribution in [2.45, 2.75) is 19.2 Å². The van der Waals surface area contributed by atoms with Crippen LogP contribution in [0.25, 0.3) is 0 Å². The third-order valence-corrected chi connectivity index (χ3v) is 4.61. The van der Waals surface area contributed by atoms with Gasteiger partial charge in [0.15, 0.2) is 0 Å². The van der Waals surface area contributed by atoms with Crippen molar-refractivity contribution in [2.24, 2.45) is 5.73 Å². The van der Waals surface area contributed by atoms with E-state index in [1.807, 2.05) is 6.07 Å². The highest BCUT2D eigenvalue weighted by Crippen LogP contribution is 2.26. The second-order valence-corrected chi connectivity index (χ2v) is 6.95. The molecule has 112 valence electrons. The number of hydrogen-bond acceptors (Lipinski definition) is 3. The van der Waals surface area contributed by atoms with Crippen LogP contribution in [0.1, 0.15) is 16.7 Å². The minimum absolute atomic E-state index is 0.120. The molecule has 0 aromatic heterocycles. The van der Waals surface area contributed by atoms with Crippen LogP contribution in [0.4, 0.5) is 5.69 Å². The molecule has 0 spiro atoms. The van der Waals surface area contributed by atoms with Crippen molar-refractivity contribution in [3.8, 4) is 0 Å². The normalized spacial score (nSPS) is 11.4. The van der Waals surface area contributed by atoms with E-state index in [1.54, 1.807) is 43.3 Å². The lowest BCUT2D eigenvalue weighted by molar-refractivity contribution is 0.600. The molecule has 0 amide bonds. The summed E-state index contributed by atoms with van der Waals surface area (Å²) in [7, 11) is -3.53. The smallest absolute Gasteiger partial charge is 0.236 e. The summed E-state index contributed by atoms with van der Waals surface area (Å²) in [4.78, 5) is 0. The van der Waals surface area contributed by atoms with Gasteiger partial charge in [-0.25, -0.2) is 8.42 Å². The summed E-state index contributed by atoms with van der Waals surface area (Å²) in [6.07, 6.45) is 0. The van der Waals surface area contributed by atoms with Gasteiger partial charge in [-0.15, -0.1) is 0 Å². The Morgan fingerprint density at radius 1 is 1.14 bits per heavy atom. The van der Waals surface area contributed by atoms with Crippen molar-refractivity contribution >= 4 is 27.3 Å². The SMILES string of the molecule is Cc1cccc(Cl)c1NS(=O)(=O)Cc1cccc(CN)c1. The Bertz CT molecular complexity index is 725. The van der Waals surface area contributed by atoms with Gasteiger partial charge in [0, 0.05) is 6.54 Å². The van der Waals surface area contributed by atoms with E-state index in [0.29, 0.717) is 22.8 Å². The van der Waals surface area contributed by atoms with Crippen molar-refractivity contribution in [1.29, 1.82) is 0 Å². The monoisotopic (exact) mass is 324 g/mol.